The van der Waals surface area contributed by atoms with Crippen LogP contribution in [0.15, 0.2) is 53.7 Å². The van der Waals surface area contributed by atoms with Crippen molar-refractivity contribution in [2.45, 2.75) is 24.8 Å². The van der Waals surface area contributed by atoms with Crippen LogP contribution in [0.3, 0.4) is 0 Å². The van der Waals surface area contributed by atoms with Gasteiger partial charge in [-0.1, -0.05) is 47.4 Å². The summed E-state index contributed by atoms with van der Waals surface area (Å²) in [6, 6.07) is 15.2. The van der Waals surface area contributed by atoms with Gasteiger partial charge in [-0.2, -0.15) is 4.98 Å². The molecule has 3 aromatic heterocycles. The fraction of sp³-hybridized carbons (Fsp3) is 0.174. The van der Waals surface area contributed by atoms with Crippen molar-refractivity contribution < 1.29 is 9.53 Å². The van der Waals surface area contributed by atoms with Crippen LogP contribution in [0.4, 0.5) is 5.13 Å². The summed E-state index contributed by atoms with van der Waals surface area (Å²) in [5.41, 5.74) is 4.09. The summed E-state index contributed by atoms with van der Waals surface area (Å²) in [6.07, 6.45) is 0. The fourth-order valence-corrected chi connectivity index (χ4v) is 5.23. The molecule has 0 aliphatic rings. The number of amides is 1. The summed E-state index contributed by atoms with van der Waals surface area (Å²) in [4.78, 5) is 26.6. The van der Waals surface area contributed by atoms with Crippen LogP contribution >= 0.6 is 23.1 Å². The molecule has 2 aromatic carbocycles. The Kier molecular flexibility index (Phi) is 5.69. The van der Waals surface area contributed by atoms with E-state index in [0.717, 1.165) is 27.2 Å². The first kappa shape index (κ1) is 21.4. The number of fused-ring (bicyclic) bond motifs is 2. The lowest BCUT2D eigenvalue weighted by atomic mass is 10.1. The van der Waals surface area contributed by atoms with Crippen molar-refractivity contribution in [3.8, 4) is 5.75 Å². The Morgan fingerprint density at radius 2 is 1.97 bits per heavy atom. The topological polar surface area (TPSA) is 94.3 Å². The molecule has 0 atom stereocenters. The Morgan fingerprint density at radius 3 is 2.82 bits per heavy atom. The Hall–Kier alpha value is -3.50. The molecule has 0 aliphatic heterocycles. The van der Waals surface area contributed by atoms with E-state index in [2.05, 4.69) is 25.4 Å². The van der Waals surface area contributed by atoms with E-state index in [1.807, 2.05) is 62.4 Å². The van der Waals surface area contributed by atoms with Gasteiger partial charge in [0.25, 0.3) is 11.7 Å². The van der Waals surface area contributed by atoms with Crippen LogP contribution in [-0.4, -0.2) is 37.6 Å². The number of carbonyl (C=O) groups excluding carboxylic acids is 1. The minimum atomic E-state index is -0.208. The van der Waals surface area contributed by atoms with E-state index in [9.17, 15) is 4.79 Å². The van der Waals surface area contributed by atoms with E-state index < -0.39 is 0 Å². The highest BCUT2D eigenvalue weighted by molar-refractivity contribution is 7.98. The van der Waals surface area contributed by atoms with Gasteiger partial charge in [0.05, 0.1) is 11.8 Å². The highest BCUT2D eigenvalue weighted by atomic mass is 32.2. The number of carbonyl (C=O) groups is 1. The standard InChI is InChI=1S/C23H20N6O2S2/c1-13-11-14(2)29-21(24-13)27-23(28-29)32-12-15-7-4-5-8-16(15)20(30)26-22-25-19-17(31-3)9-6-10-18(19)33-22/h4-11H,12H2,1-3H3,(H,25,26,30). The molecular formula is C23H20N6O2S2. The molecule has 0 fully saturated rings. The van der Waals surface area contributed by atoms with Gasteiger partial charge in [0.15, 0.2) is 5.13 Å². The number of aryl methyl sites for hydroxylation is 2. The van der Waals surface area contributed by atoms with Gasteiger partial charge in [-0.05, 0) is 43.7 Å². The second kappa shape index (κ2) is 8.80. The van der Waals surface area contributed by atoms with Crippen LogP contribution in [0.1, 0.15) is 27.3 Å². The molecule has 0 unspecified atom stereocenters. The number of methoxy groups -OCH3 is 1. The summed E-state index contributed by atoms with van der Waals surface area (Å²) >= 11 is 2.88. The molecule has 0 bridgehead atoms. The van der Waals surface area contributed by atoms with Crippen molar-refractivity contribution >= 4 is 50.1 Å². The summed E-state index contributed by atoms with van der Waals surface area (Å²) in [5.74, 6) is 1.60. The van der Waals surface area contributed by atoms with Crippen LogP contribution in [-0.2, 0) is 5.75 Å². The van der Waals surface area contributed by atoms with Gasteiger partial charge < -0.3 is 4.74 Å². The van der Waals surface area contributed by atoms with Crippen LogP contribution in [0.25, 0.3) is 16.0 Å². The second-order valence-electron chi connectivity index (χ2n) is 7.37. The van der Waals surface area contributed by atoms with Gasteiger partial charge in [-0.3, -0.25) is 10.1 Å². The lowest BCUT2D eigenvalue weighted by Crippen LogP contribution is -2.13. The summed E-state index contributed by atoms with van der Waals surface area (Å²) in [5, 5.41) is 8.61. The number of para-hydroxylation sites is 1. The van der Waals surface area contributed by atoms with Gasteiger partial charge in [-0.25, -0.2) is 14.5 Å². The number of hydrogen-bond donors (Lipinski definition) is 1. The minimum absolute atomic E-state index is 0.208. The first-order valence-corrected chi connectivity index (χ1v) is 12.0. The third-order valence-corrected chi connectivity index (χ3v) is 6.86. The Balaban J connectivity index is 1.35. The monoisotopic (exact) mass is 476 g/mol. The number of nitrogens with zero attached hydrogens (tertiary/aromatic N) is 5. The third-order valence-electron chi connectivity index (χ3n) is 5.04. The quantitative estimate of drug-likeness (QED) is 0.348. The van der Waals surface area contributed by atoms with E-state index in [-0.39, 0.29) is 5.91 Å². The molecule has 0 spiro atoms. The van der Waals surface area contributed by atoms with Crippen molar-refractivity contribution in [3.05, 3.63) is 71.0 Å². The molecule has 5 aromatic rings. The molecule has 0 saturated heterocycles. The molecule has 1 amide bonds. The number of aromatic nitrogens is 5. The lowest BCUT2D eigenvalue weighted by Gasteiger charge is -2.07. The Morgan fingerprint density at radius 1 is 1.12 bits per heavy atom. The second-order valence-corrected chi connectivity index (χ2v) is 9.34. The lowest BCUT2D eigenvalue weighted by molar-refractivity contribution is 0.102. The minimum Gasteiger partial charge on any atom is -0.494 e. The van der Waals surface area contributed by atoms with E-state index in [1.165, 1.54) is 23.1 Å². The van der Waals surface area contributed by atoms with Gasteiger partial charge in [0.2, 0.25) is 5.16 Å². The van der Waals surface area contributed by atoms with Gasteiger partial charge in [-0.15, -0.1) is 5.10 Å². The summed E-state index contributed by atoms with van der Waals surface area (Å²) in [7, 11) is 1.61. The van der Waals surface area contributed by atoms with E-state index in [1.54, 1.807) is 11.6 Å². The molecule has 166 valence electrons. The van der Waals surface area contributed by atoms with Gasteiger partial charge in [0.1, 0.15) is 11.3 Å². The molecule has 33 heavy (non-hydrogen) atoms. The molecule has 0 radical (unpaired) electrons. The zero-order chi connectivity index (χ0) is 22.9. The van der Waals surface area contributed by atoms with Crippen molar-refractivity contribution in [2.24, 2.45) is 0 Å². The number of rotatable bonds is 6. The predicted octanol–water partition coefficient (Wildman–Crippen LogP) is 4.90. The van der Waals surface area contributed by atoms with Gasteiger partial charge in [0, 0.05) is 22.7 Å². The number of anilines is 1. The highest BCUT2D eigenvalue weighted by Crippen LogP contribution is 2.32. The van der Waals surface area contributed by atoms with Gasteiger partial charge >= 0.3 is 0 Å². The first-order chi connectivity index (χ1) is 16.0. The molecule has 0 saturated carbocycles. The first-order valence-electron chi connectivity index (χ1n) is 10.2. The zero-order valence-electron chi connectivity index (χ0n) is 18.2. The van der Waals surface area contributed by atoms with Crippen LogP contribution < -0.4 is 10.1 Å². The molecule has 10 heteroatoms. The average Bonchev–Trinajstić information content (AvgIpc) is 3.41. The Bertz CT molecular complexity index is 1490. The van der Waals surface area contributed by atoms with E-state index in [4.69, 9.17) is 4.74 Å². The fourth-order valence-electron chi connectivity index (χ4n) is 3.52. The molecule has 5 rings (SSSR count). The maximum atomic E-state index is 13.1. The smallest absolute Gasteiger partial charge is 0.257 e. The summed E-state index contributed by atoms with van der Waals surface area (Å²) < 4.78 is 8.05. The van der Waals surface area contributed by atoms with Crippen LogP contribution in [0, 0.1) is 13.8 Å². The van der Waals surface area contributed by atoms with E-state index >= 15 is 0 Å². The van der Waals surface area contributed by atoms with E-state index in [0.29, 0.717) is 33.1 Å². The highest BCUT2D eigenvalue weighted by Gasteiger charge is 2.16. The molecular weight excluding hydrogens is 456 g/mol. The normalized spacial score (nSPS) is 11.2. The van der Waals surface area contributed by atoms with Crippen LogP contribution in [0.5, 0.6) is 5.75 Å². The molecule has 1 N–H and O–H groups in total. The molecule has 8 nitrogen and oxygen atoms in total. The number of thiazole rings is 1. The van der Waals surface area contributed by atoms with Crippen molar-refractivity contribution in [1.82, 2.24) is 24.6 Å². The largest absolute Gasteiger partial charge is 0.494 e. The van der Waals surface area contributed by atoms with Crippen LogP contribution in [0.2, 0.25) is 0 Å². The average molecular weight is 477 g/mol. The van der Waals surface area contributed by atoms with Crippen molar-refractivity contribution in [3.63, 3.8) is 0 Å². The zero-order valence-corrected chi connectivity index (χ0v) is 19.8. The molecule has 0 aliphatic carbocycles. The summed E-state index contributed by atoms with van der Waals surface area (Å²) in [6.45, 7) is 3.91. The number of hydrogen-bond acceptors (Lipinski definition) is 8. The predicted molar refractivity (Wildman–Crippen MR) is 130 cm³/mol. The third kappa shape index (κ3) is 4.27. The number of thioether (sulfide) groups is 1. The molecule has 3 heterocycles. The number of benzene rings is 2. The Labute approximate surface area is 198 Å². The van der Waals surface area contributed by atoms with Crippen molar-refractivity contribution in [2.75, 3.05) is 12.4 Å². The maximum Gasteiger partial charge on any atom is 0.257 e. The number of nitrogens with one attached hydrogen (secondary N) is 1. The number of ether oxygens (including phenoxy) is 1. The van der Waals surface area contributed by atoms with Crippen molar-refractivity contribution in [1.29, 1.82) is 0 Å². The maximum absolute atomic E-state index is 13.1. The SMILES string of the molecule is COc1cccc2sc(NC(=O)c3ccccc3CSc3nc4nc(C)cc(C)n4n3)nc12.